The minimum Gasteiger partial charge on any atom is -0.494 e. The summed E-state index contributed by atoms with van der Waals surface area (Å²) in [5.41, 5.74) is 5.91. The number of hydrogen-bond acceptors (Lipinski definition) is 3. The molecule has 26 heavy (non-hydrogen) atoms. The van der Waals surface area contributed by atoms with Gasteiger partial charge in [-0.05, 0) is 30.7 Å². The second-order valence-electron chi connectivity index (χ2n) is 5.05. The van der Waals surface area contributed by atoms with Gasteiger partial charge in [0.15, 0.2) is 11.6 Å². The molecule has 0 aliphatic heterocycles. The quantitative estimate of drug-likeness (QED) is 0.780. The number of aryl methyl sites for hydroxylation is 1. The maximum Gasteiger partial charge on any atom is 0.317 e. The molecule has 3 rings (SSSR count). The van der Waals surface area contributed by atoms with E-state index in [2.05, 4.69) is 15.0 Å². The normalized spacial score (nSPS) is 10.5. The Bertz CT molecular complexity index is 645. The number of pyridine rings is 1. The van der Waals surface area contributed by atoms with Crippen molar-refractivity contribution in [2.45, 2.75) is 40.0 Å². The first-order valence-electron chi connectivity index (χ1n) is 8.40. The van der Waals surface area contributed by atoms with Gasteiger partial charge in [0.05, 0.1) is 7.11 Å². The van der Waals surface area contributed by atoms with Gasteiger partial charge in [0.1, 0.15) is 11.6 Å². The lowest BCUT2D eigenvalue weighted by Crippen LogP contribution is -2.19. The van der Waals surface area contributed by atoms with Gasteiger partial charge in [-0.15, -0.1) is 0 Å². The van der Waals surface area contributed by atoms with Crippen molar-refractivity contribution in [3.05, 3.63) is 53.7 Å². The van der Waals surface area contributed by atoms with E-state index in [0.717, 1.165) is 23.8 Å². The fourth-order valence-corrected chi connectivity index (χ4v) is 1.30. The average Bonchev–Trinajstić information content (AvgIpc) is 3.50. The van der Waals surface area contributed by atoms with Gasteiger partial charge < -0.3 is 10.5 Å². The number of benzene rings is 1. The molecule has 0 spiro atoms. The van der Waals surface area contributed by atoms with E-state index in [1.54, 1.807) is 12.3 Å². The van der Waals surface area contributed by atoms with E-state index in [4.69, 9.17) is 5.73 Å². The number of nitrogens with two attached hydrogens (primary N) is 1. The van der Waals surface area contributed by atoms with Crippen molar-refractivity contribution in [1.29, 1.82) is 0 Å². The topological polar surface area (TPSA) is 77.2 Å². The highest BCUT2D eigenvalue weighted by molar-refractivity contribution is 5.86. The summed E-state index contributed by atoms with van der Waals surface area (Å²) in [6.07, 6.45) is 6.16. The number of primary amides is 1. The third kappa shape index (κ3) is 11.8. The van der Waals surface area contributed by atoms with Crippen LogP contribution in [0.5, 0.6) is 5.75 Å². The van der Waals surface area contributed by atoms with Gasteiger partial charge in [-0.2, -0.15) is 0 Å². The molecule has 7 heteroatoms. The number of anilines is 1. The van der Waals surface area contributed by atoms with E-state index in [9.17, 15) is 13.6 Å². The van der Waals surface area contributed by atoms with Gasteiger partial charge in [0.25, 0.3) is 0 Å². The number of halogens is 2. The van der Waals surface area contributed by atoms with E-state index >= 15 is 0 Å². The predicted octanol–water partition coefficient (Wildman–Crippen LogP) is 5.05. The van der Waals surface area contributed by atoms with Crippen LogP contribution in [0.25, 0.3) is 0 Å². The smallest absolute Gasteiger partial charge is 0.317 e. The van der Waals surface area contributed by atoms with E-state index in [0.29, 0.717) is 5.82 Å². The van der Waals surface area contributed by atoms with Crippen molar-refractivity contribution in [1.82, 2.24) is 4.98 Å². The molecular weight excluding hydrogens is 340 g/mol. The zero-order valence-electron chi connectivity index (χ0n) is 15.7. The molecule has 0 unspecified atom stereocenters. The van der Waals surface area contributed by atoms with Crippen LogP contribution in [0.4, 0.5) is 19.4 Å². The number of urea groups is 1. The van der Waals surface area contributed by atoms with Crippen LogP contribution < -0.4 is 15.8 Å². The van der Waals surface area contributed by atoms with Crippen LogP contribution in [0.1, 0.15) is 38.7 Å². The third-order valence-corrected chi connectivity index (χ3v) is 2.63. The van der Waals surface area contributed by atoms with Gasteiger partial charge >= 0.3 is 6.03 Å². The Balaban J connectivity index is 0.000000383. The van der Waals surface area contributed by atoms with E-state index in [1.165, 1.54) is 26.4 Å². The minimum absolute atomic E-state index is 0.0694. The summed E-state index contributed by atoms with van der Waals surface area (Å²) in [5, 5.41) is 2.36. The van der Waals surface area contributed by atoms with Gasteiger partial charge in [-0.3, -0.25) is 5.32 Å². The Morgan fingerprint density at radius 3 is 2.15 bits per heavy atom. The Hall–Kier alpha value is -2.70. The van der Waals surface area contributed by atoms with Crippen molar-refractivity contribution in [3.8, 4) is 5.75 Å². The Morgan fingerprint density at radius 1 is 1.15 bits per heavy atom. The van der Waals surface area contributed by atoms with Crippen LogP contribution >= 0.6 is 0 Å². The predicted molar refractivity (Wildman–Crippen MR) is 100 cm³/mol. The molecule has 1 aromatic carbocycles. The molecule has 0 atom stereocenters. The molecule has 0 bridgehead atoms. The Labute approximate surface area is 153 Å². The number of methoxy groups -OCH3 is 1. The van der Waals surface area contributed by atoms with E-state index in [-0.39, 0.29) is 5.75 Å². The van der Waals surface area contributed by atoms with Crippen LogP contribution in [0.3, 0.4) is 0 Å². The van der Waals surface area contributed by atoms with Crippen LogP contribution in [-0.4, -0.2) is 18.1 Å². The average molecular weight is 367 g/mol. The Kier molecular flexibility index (Phi) is 12.2. The molecular formula is C19H27F2N3O2. The number of hydrogen-bond donors (Lipinski definition) is 2. The molecule has 1 aromatic heterocycles. The highest BCUT2D eigenvalue weighted by Gasteiger charge is 2.01. The number of nitrogens with zero attached hydrogens (tertiary/aromatic N) is 1. The lowest BCUT2D eigenvalue weighted by molar-refractivity contribution is 0.259. The van der Waals surface area contributed by atoms with E-state index in [1.807, 2.05) is 26.8 Å². The van der Waals surface area contributed by atoms with Crippen molar-refractivity contribution < 1.29 is 18.3 Å². The van der Waals surface area contributed by atoms with Crippen molar-refractivity contribution in [2.75, 3.05) is 12.4 Å². The number of aromatic nitrogens is 1. The standard InChI is InChI=1S/C7H6F2O.C7H9N3O.C3H6.C2H6/c1-10-7-4-5(8)2-3-6(7)9;1-5-2-3-6(9-4-5)10-7(8)11;1-2-3-1;1-2/h2-4H,1H3;2-4H,1H3,(H3,8,9,10,11);1-3H2;1-2H3. The Morgan fingerprint density at radius 2 is 1.77 bits per heavy atom. The van der Waals surface area contributed by atoms with Crippen LogP contribution in [0.2, 0.25) is 0 Å². The van der Waals surface area contributed by atoms with Gasteiger partial charge in [0, 0.05) is 12.3 Å². The molecule has 5 nitrogen and oxygen atoms in total. The van der Waals surface area contributed by atoms with Crippen molar-refractivity contribution in [3.63, 3.8) is 0 Å². The summed E-state index contributed by atoms with van der Waals surface area (Å²) in [6, 6.07) is 6.00. The number of carbonyl (C=O) groups is 1. The maximum absolute atomic E-state index is 12.5. The highest BCUT2D eigenvalue weighted by atomic mass is 19.1. The molecule has 2 amide bonds. The maximum atomic E-state index is 12.5. The fraction of sp³-hybridized carbons (Fsp3) is 0.368. The molecule has 3 N–H and O–H groups in total. The first-order chi connectivity index (χ1) is 12.4. The largest absolute Gasteiger partial charge is 0.494 e. The summed E-state index contributed by atoms with van der Waals surface area (Å²) < 4.78 is 29.3. The minimum atomic E-state index is -0.596. The first-order valence-corrected chi connectivity index (χ1v) is 8.40. The number of amides is 2. The second-order valence-corrected chi connectivity index (χ2v) is 5.05. The number of rotatable bonds is 2. The second kappa shape index (κ2) is 13.6. The lowest BCUT2D eigenvalue weighted by atomic mass is 10.3. The molecule has 0 saturated heterocycles. The highest BCUT2D eigenvalue weighted by Crippen LogP contribution is 2.16. The van der Waals surface area contributed by atoms with Gasteiger partial charge in [-0.1, -0.05) is 39.2 Å². The molecule has 1 aliphatic carbocycles. The third-order valence-electron chi connectivity index (χ3n) is 2.63. The number of nitrogens with one attached hydrogen (secondary N) is 1. The first kappa shape index (κ1) is 23.3. The zero-order chi connectivity index (χ0) is 19.9. The molecule has 1 aliphatic rings. The molecule has 1 heterocycles. The molecule has 2 aromatic rings. The summed E-state index contributed by atoms with van der Waals surface area (Å²) in [5.74, 6) is -0.648. The summed E-state index contributed by atoms with van der Waals surface area (Å²) in [6.45, 7) is 5.92. The molecule has 1 fully saturated rings. The van der Waals surface area contributed by atoms with Crippen LogP contribution in [0, 0.1) is 18.6 Å². The summed E-state index contributed by atoms with van der Waals surface area (Å²) >= 11 is 0. The lowest BCUT2D eigenvalue weighted by Gasteiger charge is -1.99. The molecule has 0 radical (unpaired) electrons. The van der Waals surface area contributed by atoms with Crippen molar-refractivity contribution in [2.24, 2.45) is 5.73 Å². The molecule has 1 saturated carbocycles. The fourth-order valence-electron chi connectivity index (χ4n) is 1.30. The van der Waals surface area contributed by atoms with Crippen LogP contribution in [-0.2, 0) is 0 Å². The van der Waals surface area contributed by atoms with Crippen LogP contribution in [0.15, 0.2) is 36.5 Å². The van der Waals surface area contributed by atoms with E-state index < -0.39 is 17.7 Å². The summed E-state index contributed by atoms with van der Waals surface area (Å²) in [4.78, 5) is 14.2. The number of ether oxygens (including phenoxy) is 1. The van der Waals surface area contributed by atoms with Gasteiger partial charge in [-0.25, -0.2) is 18.6 Å². The molecule has 144 valence electrons. The SMILES string of the molecule is C1CC1.CC.COc1cc(F)ccc1F.Cc1ccc(NC(N)=O)nc1. The summed E-state index contributed by atoms with van der Waals surface area (Å²) in [7, 11) is 1.29. The monoisotopic (exact) mass is 367 g/mol. The number of carbonyl (C=O) groups excluding carboxylic acids is 1. The van der Waals surface area contributed by atoms with Gasteiger partial charge in [0.2, 0.25) is 0 Å². The van der Waals surface area contributed by atoms with Crippen molar-refractivity contribution >= 4 is 11.8 Å². The zero-order valence-corrected chi connectivity index (χ0v) is 15.7.